The molecule has 0 amide bonds. The van der Waals surface area contributed by atoms with Crippen molar-refractivity contribution < 1.29 is 23.0 Å². The van der Waals surface area contributed by atoms with Crippen LogP contribution < -0.4 is 18.9 Å². The van der Waals surface area contributed by atoms with E-state index in [1.54, 1.807) is 30.3 Å². The van der Waals surface area contributed by atoms with Crippen LogP contribution in [0.2, 0.25) is 0 Å². The maximum absolute atomic E-state index is 12.0. The first kappa shape index (κ1) is 16.9. The summed E-state index contributed by atoms with van der Waals surface area (Å²) in [6.45, 7) is 0.0588. The molecule has 0 atom stereocenters. The lowest BCUT2D eigenvalue weighted by atomic mass is 10.2. The summed E-state index contributed by atoms with van der Waals surface area (Å²) in [5.41, 5.74) is 0.803. The lowest BCUT2D eigenvalue weighted by Gasteiger charge is -2.12. The van der Waals surface area contributed by atoms with Gasteiger partial charge in [-0.2, -0.15) is 13.1 Å². The Balaban J connectivity index is 2.06. The zero-order valence-electron chi connectivity index (χ0n) is 12.7. The number of hydrogen-bond donors (Lipinski definition) is 3. The molecule has 2 aromatic rings. The SMILES string of the molecule is COc1ccc(CNS(=O)(=O)Nc2ccccc2O)cc1OC. The first-order valence-corrected chi connectivity index (χ1v) is 8.20. The summed E-state index contributed by atoms with van der Waals surface area (Å²) in [6.07, 6.45) is 0. The quantitative estimate of drug-likeness (QED) is 0.670. The van der Waals surface area contributed by atoms with Crippen molar-refractivity contribution in [2.75, 3.05) is 18.9 Å². The lowest BCUT2D eigenvalue weighted by Crippen LogP contribution is -2.29. The van der Waals surface area contributed by atoms with Gasteiger partial charge in [-0.15, -0.1) is 0 Å². The van der Waals surface area contributed by atoms with Gasteiger partial charge in [0.1, 0.15) is 5.75 Å². The second-order valence-corrected chi connectivity index (χ2v) is 6.13. The molecule has 2 aromatic carbocycles. The average Bonchev–Trinajstić information content (AvgIpc) is 2.54. The van der Waals surface area contributed by atoms with Gasteiger partial charge in [0.2, 0.25) is 0 Å². The van der Waals surface area contributed by atoms with Crippen molar-refractivity contribution in [2.45, 2.75) is 6.54 Å². The number of phenols is 1. The Morgan fingerprint density at radius 3 is 2.39 bits per heavy atom. The number of aromatic hydroxyl groups is 1. The third kappa shape index (κ3) is 4.51. The summed E-state index contributed by atoms with van der Waals surface area (Å²) in [5, 5.41) is 9.60. The first-order valence-electron chi connectivity index (χ1n) is 6.71. The molecular weight excluding hydrogens is 320 g/mol. The number of phenolic OH excluding ortho intramolecular Hbond substituents is 1. The van der Waals surface area contributed by atoms with Gasteiger partial charge in [-0.1, -0.05) is 18.2 Å². The molecule has 0 saturated heterocycles. The number of ether oxygens (including phenoxy) is 2. The van der Waals surface area contributed by atoms with Gasteiger partial charge < -0.3 is 14.6 Å². The molecule has 8 heteroatoms. The van der Waals surface area contributed by atoms with Gasteiger partial charge in [-0.3, -0.25) is 4.72 Å². The number of methoxy groups -OCH3 is 2. The number of hydrogen-bond acceptors (Lipinski definition) is 5. The van der Waals surface area contributed by atoms with Crippen LogP contribution in [0, 0.1) is 0 Å². The van der Waals surface area contributed by atoms with E-state index < -0.39 is 10.2 Å². The minimum Gasteiger partial charge on any atom is -0.506 e. The van der Waals surface area contributed by atoms with Crippen LogP contribution in [0.4, 0.5) is 5.69 Å². The van der Waals surface area contributed by atoms with Gasteiger partial charge in [0, 0.05) is 6.54 Å². The topological polar surface area (TPSA) is 96.9 Å². The molecule has 0 aliphatic heterocycles. The molecule has 3 N–H and O–H groups in total. The molecule has 0 saturated carbocycles. The Bertz CT molecular complexity index is 777. The van der Waals surface area contributed by atoms with E-state index >= 15 is 0 Å². The van der Waals surface area contributed by atoms with Crippen LogP contribution in [-0.2, 0) is 16.8 Å². The highest BCUT2D eigenvalue weighted by Gasteiger charge is 2.13. The van der Waals surface area contributed by atoms with Gasteiger partial charge in [-0.05, 0) is 29.8 Å². The summed E-state index contributed by atoms with van der Waals surface area (Å²) in [6, 6.07) is 11.2. The molecule has 2 rings (SSSR count). The van der Waals surface area contributed by atoms with Gasteiger partial charge >= 0.3 is 0 Å². The Morgan fingerprint density at radius 1 is 1.04 bits per heavy atom. The van der Waals surface area contributed by atoms with Gasteiger partial charge in [0.15, 0.2) is 11.5 Å². The van der Waals surface area contributed by atoms with Crippen LogP contribution in [-0.4, -0.2) is 27.7 Å². The van der Waals surface area contributed by atoms with Crippen LogP contribution in [0.25, 0.3) is 0 Å². The number of para-hydroxylation sites is 2. The predicted molar refractivity (Wildman–Crippen MR) is 87.0 cm³/mol. The molecule has 0 fully saturated rings. The Kier molecular flexibility index (Phi) is 5.30. The van der Waals surface area contributed by atoms with Crippen LogP contribution in [0.3, 0.4) is 0 Å². The van der Waals surface area contributed by atoms with Crippen LogP contribution in [0.1, 0.15) is 5.56 Å². The summed E-state index contributed by atoms with van der Waals surface area (Å²) in [4.78, 5) is 0. The van der Waals surface area contributed by atoms with E-state index in [1.807, 2.05) is 0 Å². The maximum atomic E-state index is 12.0. The van der Waals surface area contributed by atoms with Crippen molar-refractivity contribution >= 4 is 15.9 Å². The van der Waals surface area contributed by atoms with E-state index in [2.05, 4.69) is 9.44 Å². The van der Waals surface area contributed by atoms with Gasteiger partial charge in [0.25, 0.3) is 10.2 Å². The first-order chi connectivity index (χ1) is 10.9. The van der Waals surface area contributed by atoms with Crippen molar-refractivity contribution in [3.63, 3.8) is 0 Å². The predicted octanol–water partition coefficient (Wildman–Crippen LogP) is 1.86. The molecule has 0 aromatic heterocycles. The molecule has 0 unspecified atom stereocenters. The summed E-state index contributed by atoms with van der Waals surface area (Å²) >= 11 is 0. The van der Waals surface area contributed by atoms with E-state index in [-0.39, 0.29) is 18.0 Å². The fourth-order valence-corrected chi connectivity index (χ4v) is 2.80. The van der Waals surface area contributed by atoms with E-state index in [4.69, 9.17) is 9.47 Å². The third-order valence-electron chi connectivity index (χ3n) is 3.06. The van der Waals surface area contributed by atoms with Crippen LogP contribution in [0.15, 0.2) is 42.5 Å². The smallest absolute Gasteiger partial charge is 0.299 e. The summed E-state index contributed by atoms with van der Waals surface area (Å²) < 4.78 is 39.0. The van der Waals surface area contributed by atoms with Crippen molar-refractivity contribution in [3.8, 4) is 17.2 Å². The molecular formula is C15H18N2O5S. The fraction of sp³-hybridized carbons (Fsp3) is 0.200. The molecule has 0 aliphatic rings. The Labute approximate surface area is 135 Å². The van der Waals surface area contributed by atoms with E-state index in [0.717, 1.165) is 0 Å². The monoisotopic (exact) mass is 338 g/mol. The van der Waals surface area contributed by atoms with Crippen molar-refractivity contribution in [1.29, 1.82) is 0 Å². The molecule has 124 valence electrons. The van der Waals surface area contributed by atoms with E-state index in [1.165, 1.54) is 26.4 Å². The lowest BCUT2D eigenvalue weighted by molar-refractivity contribution is 0.354. The standard InChI is InChI=1S/C15H18N2O5S/c1-21-14-8-7-11(9-15(14)22-2)10-16-23(19,20)17-12-5-3-4-6-13(12)18/h3-9,16-18H,10H2,1-2H3. The Morgan fingerprint density at radius 2 is 1.74 bits per heavy atom. The zero-order valence-corrected chi connectivity index (χ0v) is 13.6. The van der Waals surface area contributed by atoms with E-state index in [0.29, 0.717) is 17.1 Å². The number of benzene rings is 2. The second kappa shape index (κ2) is 7.21. The summed E-state index contributed by atoms with van der Waals surface area (Å²) in [7, 11) is -0.793. The normalized spacial score (nSPS) is 11.0. The number of nitrogens with one attached hydrogen (secondary N) is 2. The minimum absolute atomic E-state index is 0.0588. The third-order valence-corrected chi connectivity index (χ3v) is 4.08. The molecule has 0 heterocycles. The van der Waals surface area contributed by atoms with Gasteiger partial charge in [0.05, 0.1) is 19.9 Å². The van der Waals surface area contributed by atoms with Crippen LogP contribution >= 0.6 is 0 Å². The van der Waals surface area contributed by atoms with Crippen LogP contribution in [0.5, 0.6) is 17.2 Å². The number of anilines is 1. The fourth-order valence-electron chi connectivity index (χ4n) is 1.91. The molecule has 23 heavy (non-hydrogen) atoms. The second-order valence-electron chi connectivity index (χ2n) is 4.63. The molecule has 0 aliphatic carbocycles. The average molecular weight is 338 g/mol. The van der Waals surface area contributed by atoms with Crippen molar-refractivity contribution in [1.82, 2.24) is 4.72 Å². The van der Waals surface area contributed by atoms with Gasteiger partial charge in [-0.25, -0.2) is 0 Å². The van der Waals surface area contributed by atoms with Crippen molar-refractivity contribution in [2.24, 2.45) is 0 Å². The highest BCUT2D eigenvalue weighted by atomic mass is 32.2. The zero-order chi connectivity index (χ0) is 16.9. The molecule has 0 spiro atoms. The van der Waals surface area contributed by atoms with Crippen molar-refractivity contribution in [3.05, 3.63) is 48.0 Å². The maximum Gasteiger partial charge on any atom is 0.299 e. The molecule has 7 nitrogen and oxygen atoms in total. The highest BCUT2D eigenvalue weighted by molar-refractivity contribution is 7.90. The highest BCUT2D eigenvalue weighted by Crippen LogP contribution is 2.27. The largest absolute Gasteiger partial charge is 0.506 e. The summed E-state index contributed by atoms with van der Waals surface area (Å²) in [5.74, 6) is 0.924. The van der Waals surface area contributed by atoms with E-state index in [9.17, 15) is 13.5 Å². The Hall–Kier alpha value is -2.45. The molecule has 0 bridgehead atoms. The number of rotatable bonds is 7. The molecule has 0 radical (unpaired) electrons. The minimum atomic E-state index is -3.82.